The minimum absolute atomic E-state index is 0.175. The topological polar surface area (TPSA) is 169 Å². The minimum atomic E-state index is -1.86. The molecule has 0 amide bonds. The normalized spacial score (nSPS) is 19.5. The number of aliphatic carboxylic acids is 1. The lowest BCUT2D eigenvalue weighted by Gasteiger charge is -2.38. The number of carboxylic acid groups (broad SMARTS) is 1. The monoisotopic (exact) mass is 895 g/mol. The molecule has 1 aliphatic heterocycles. The van der Waals surface area contributed by atoms with Crippen LogP contribution in [0.15, 0.2) is 24.3 Å². The smallest absolute Gasteiger partial charge is 0.335 e. The maximum absolute atomic E-state index is 12.8. The number of esters is 2. The summed E-state index contributed by atoms with van der Waals surface area (Å²) in [5.74, 6) is -2.44. The first-order chi connectivity index (χ1) is 30.7. The van der Waals surface area contributed by atoms with Gasteiger partial charge in [0.25, 0.3) is 0 Å². The van der Waals surface area contributed by atoms with Crippen LogP contribution in [0.2, 0.25) is 0 Å². The summed E-state index contributed by atoms with van der Waals surface area (Å²) in [5, 5.41) is 39.9. The standard InChI is InChI=1S/C52H94O11/c1-3-5-7-9-11-13-15-17-19-21-22-23-24-25-27-28-30-32-34-36-38-40-45(53)60-42-44(43-61-52-49(57)47(55)48(56)50(63-52)51(58)59)62-46(54)41-39-37-35-33-31-29-26-20-18-16-14-12-10-8-6-4-2/h20-22,26,44,47-50,52,55-57H,3-19,23-25,27-43H2,1-2H3,(H,58,59)/b22-21-,26-20-. The van der Waals surface area contributed by atoms with Crippen LogP contribution in [0.5, 0.6) is 0 Å². The molecule has 368 valence electrons. The fraction of sp³-hybridized carbons (Fsp3) is 0.865. The first-order valence-corrected chi connectivity index (χ1v) is 25.9. The molecule has 1 rings (SSSR count). The largest absolute Gasteiger partial charge is 0.479 e. The Bertz CT molecular complexity index is 1140. The predicted octanol–water partition coefficient (Wildman–Crippen LogP) is 12.2. The number of ether oxygens (including phenoxy) is 4. The van der Waals surface area contributed by atoms with Crippen molar-refractivity contribution in [3.05, 3.63) is 24.3 Å². The molecule has 6 unspecified atom stereocenters. The van der Waals surface area contributed by atoms with Gasteiger partial charge in [-0.3, -0.25) is 9.59 Å². The lowest BCUT2D eigenvalue weighted by atomic mass is 9.99. The second kappa shape index (κ2) is 42.3. The minimum Gasteiger partial charge on any atom is -0.479 e. The van der Waals surface area contributed by atoms with Crippen LogP contribution >= 0.6 is 0 Å². The molecule has 1 aliphatic rings. The predicted molar refractivity (Wildman–Crippen MR) is 252 cm³/mol. The van der Waals surface area contributed by atoms with Crippen molar-refractivity contribution in [1.29, 1.82) is 0 Å². The second-order valence-electron chi connectivity index (χ2n) is 18.0. The molecule has 4 N–H and O–H groups in total. The SMILES string of the molecule is CCCCCCCCC/C=C\CCCCCCCC(=O)OC(COC(=O)CCCCCCCCCCC/C=C\CCCCCCCCCC)COC1OC(C(=O)O)C(O)C(O)C1O. The molecule has 0 aromatic rings. The van der Waals surface area contributed by atoms with E-state index in [1.54, 1.807) is 0 Å². The van der Waals surface area contributed by atoms with Crippen molar-refractivity contribution in [1.82, 2.24) is 0 Å². The van der Waals surface area contributed by atoms with Gasteiger partial charge in [0.15, 0.2) is 18.5 Å². The maximum Gasteiger partial charge on any atom is 0.335 e. The van der Waals surface area contributed by atoms with E-state index in [-0.39, 0.29) is 19.4 Å². The molecule has 11 nitrogen and oxygen atoms in total. The van der Waals surface area contributed by atoms with Crippen molar-refractivity contribution in [2.45, 2.75) is 275 Å². The Morgan fingerprint density at radius 2 is 0.841 bits per heavy atom. The summed E-state index contributed by atoms with van der Waals surface area (Å²) in [4.78, 5) is 37.0. The van der Waals surface area contributed by atoms with Gasteiger partial charge in [-0.15, -0.1) is 0 Å². The molecule has 63 heavy (non-hydrogen) atoms. The van der Waals surface area contributed by atoms with Crippen LogP contribution < -0.4 is 0 Å². The third kappa shape index (κ3) is 33.8. The van der Waals surface area contributed by atoms with Crippen LogP contribution in [-0.2, 0) is 33.3 Å². The summed E-state index contributed by atoms with van der Waals surface area (Å²) in [6.07, 6.45) is 39.4. The van der Waals surface area contributed by atoms with Gasteiger partial charge in [-0.2, -0.15) is 0 Å². The van der Waals surface area contributed by atoms with Crippen molar-refractivity contribution in [3.63, 3.8) is 0 Å². The zero-order chi connectivity index (χ0) is 46.0. The van der Waals surface area contributed by atoms with Crippen molar-refractivity contribution < 1.29 is 53.8 Å². The molecule has 1 heterocycles. The number of hydrogen-bond donors (Lipinski definition) is 4. The lowest BCUT2D eigenvalue weighted by molar-refractivity contribution is -0.298. The Morgan fingerprint density at radius 1 is 0.476 bits per heavy atom. The lowest BCUT2D eigenvalue weighted by Crippen LogP contribution is -2.60. The van der Waals surface area contributed by atoms with Gasteiger partial charge >= 0.3 is 17.9 Å². The van der Waals surface area contributed by atoms with Crippen LogP contribution in [0.3, 0.4) is 0 Å². The Kier molecular flexibility index (Phi) is 39.4. The zero-order valence-corrected chi connectivity index (χ0v) is 40.1. The molecule has 11 heteroatoms. The summed E-state index contributed by atoms with van der Waals surface area (Å²) in [5.41, 5.74) is 0. The molecule has 6 atom stereocenters. The Labute approximate surface area is 383 Å². The van der Waals surface area contributed by atoms with Gasteiger partial charge in [0.05, 0.1) is 6.61 Å². The Hall–Kier alpha value is -2.31. The van der Waals surface area contributed by atoms with E-state index in [1.165, 1.54) is 141 Å². The van der Waals surface area contributed by atoms with Gasteiger partial charge in [-0.25, -0.2) is 4.79 Å². The van der Waals surface area contributed by atoms with Crippen LogP contribution in [0.1, 0.15) is 239 Å². The molecule has 1 saturated heterocycles. The van der Waals surface area contributed by atoms with E-state index < -0.39 is 61.3 Å². The second-order valence-corrected chi connectivity index (χ2v) is 18.0. The summed E-state index contributed by atoms with van der Waals surface area (Å²) >= 11 is 0. The van der Waals surface area contributed by atoms with Gasteiger partial charge < -0.3 is 39.4 Å². The average molecular weight is 895 g/mol. The molecule has 0 radical (unpaired) electrons. The number of aliphatic hydroxyl groups is 3. The number of aliphatic hydroxyl groups excluding tert-OH is 3. The quantitative estimate of drug-likeness (QED) is 0.0261. The van der Waals surface area contributed by atoms with Crippen LogP contribution in [-0.4, -0.2) is 88.4 Å². The van der Waals surface area contributed by atoms with E-state index in [4.69, 9.17) is 18.9 Å². The number of carbonyl (C=O) groups is 3. The Morgan fingerprint density at radius 3 is 1.24 bits per heavy atom. The molecule has 0 bridgehead atoms. The number of unbranched alkanes of at least 4 members (excludes halogenated alkanes) is 29. The molecule has 0 aromatic heterocycles. The van der Waals surface area contributed by atoms with E-state index in [9.17, 15) is 34.8 Å². The molecule has 0 aliphatic carbocycles. The number of carboxylic acids is 1. The highest BCUT2D eigenvalue weighted by atomic mass is 16.7. The van der Waals surface area contributed by atoms with Gasteiger partial charge in [0.2, 0.25) is 0 Å². The number of allylic oxidation sites excluding steroid dienone is 4. The number of hydrogen-bond acceptors (Lipinski definition) is 10. The summed E-state index contributed by atoms with van der Waals surface area (Å²) < 4.78 is 21.8. The van der Waals surface area contributed by atoms with E-state index in [0.29, 0.717) is 12.8 Å². The fourth-order valence-corrected chi connectivity index (χ4v) is 7.93. The summed E-state index contributed by atoms with van der Waals surface area (Å²) in [6.45, 7) is 3.83. The average Bonchev–Trinajstić information content (AvgIpc) is 3.27. The van der Waals surface area contributed by atoms with Crippen molar-refractivity contribution in [3.8, 4) is 0 Å². The number of carbonyl (C=O) groups excluding carboxylic acids is 2. The molecule has 0 saturated carbocycles. The fourth-order valence-electron chi connectivity index (χ4n) is 7.93. The van der Waals surface area contributed by atoms with Gasteiger partial charge in [-0.05, 0) is 64.2 Å². The first kappa shape index (κ1) is 58.7. The Balaban J connectivity index is 2.29. The zero-order valence-electron chi connectivity index (χ0n) is 40.1. The van der Waals surface area contributed by atoms with Gasteiger partial charge in [0, 0.05) is 12.8 Å². The van der Waals surface area contributed by atoms with Gasteiger partial charge in [0.1, 0.15) is 24.9 Å². The summed E-state index contributed by atoms with van der Waals surface area (Å²) in [6, 6.07) is 0. The third-order valence-electron chi connectivity index (χ3n) is 12.0. The molecule has 1 fully saturated rings. The van der Waals surface area contributed by atoms with Crippen molar-refractivity contribution in [2.24, 2.45) is 0 Å². The maximum atomic E-state index is 12.8. The third-order valence-corrected chi connectivity index (χ3v) is 12.0. The molecular weight excluding hydrogens is 801 g/mol. The van der Waals surface area contributed by atoms with Crippen LogP contribution in [0, 0.1) is 0 Å². The molecule has 0 spiro atoms. The highest BCUT2D eigenvalue weighted by Gasteiger charge is 2.47. The van der Waals surface area contributed by atoms with Crippen LogP contribution in [0.4, 0.5) is 0 Å². The van der Waals surface area contributed by atoms with Crippen molar-refractivity contribution in [2.75, 3.05) is 13.2 Å². The first-order valence-electron chi connectivity index (χ1n) is 25.9. The number of rotatable bonds is 44. The van der Waals surface area contributed by atoms with E-state index >= 15 is 0 Å². The highest BCUT2D eigenvalue weighted by Crippen LogP contribution is 2.23. The van der Waals surface area contributed by atoms with E-state index in [0.717, 1.165) is 57.8 Å². The highest BCUT2D eigenvalue weighted by molar-refractivity contribution is 5.73. The molecular formula is C52H94O11. The summed E-state index contributed by atoms with van der Waals surface area (Å²) in [7, 11) is 0. The molecule has 0 aromatic carbocycles. The van der Waals surface area contributed by atoms with Crippen molar-refractivity contribution >= 4 is 17.9 Å². The van der Waals surface area contributed by atoms with Gasteiger partial charge in [-0.1, -0.05) is 186 Å². The van der Waals surface area contributed by atoms with E-state index in [1.807, 2.05) is 0 Å². The van der Waals surface area contributed by atoms with E-state index in [2.05, 4.69) is 38.2 Å². The van der Waals surface area contributed by atoms with Crippen LogP contribution in [0.25, 0.3) is 0 Å².